The van der Waals surface area contributed by atoms with Gasteiger partial charge >= 0.3 is 6.03 Å². The Morgan fingerprint density at radius 1 is 1.00 bits per heavy atom. The summed E-state index contributed by atoms with van der Waals surface area (Å²) in [5, 5.41) is 1.01. The molecule has 0 bridgehead atoms. The van der Waals surface area contributed by atoms with Crippen LogP contribution in [0.25, 0.3) is 10.9 Å². The van der Waals surface area contributed by atoms with Crippen LogP contribution in [0, 0.1) is 5.82 Å². The van der Waals surface area contributed by atoms with Gasteiger partial charge in [0.05, 0.1) is 18.5 Å². The Balaban J connectivity index is 1.60. The number of hydrogen-bond donors (Lipinski definition) is 1. The predicted molar refractivity (Wildman–Crippen MR) is 126 cm³/mol. The van der Waals surface area contributed by atoms with Crippen LogP contribution in [0.2, 0.25) is 0 Å². The third-order valence-electron chi connectivity index (χ3n) is 7.13. The Hall–Kier alpha value is -4.13. The van der Waals surface area contributed by atoms with Gasteiger partial charge in [-0.05, 0) is 48.9 Å². The molecule has 170 valence electrons. The standard InChI is InChI=1S/C27H22FN3O3/c1-27-24-23(19-8-3-5-9-21(19)29-24)20(18-7-4-6-10-22(18)34-2)15-30(27)26(33)31(25(27)32)17-13-11-16(28)12-14-17/h3-14,20,29H,15H2,1-2H3. The van der Waals surface area contributed by atoms with Crippen molar-refractivity contribution in [2.24, 2.45) is 0 Å². The summed E-state index contributed by atoms with van der Waals surface area (Å²) in [4.78, 5) is 33.8. The topological polar surface area (TPSA) is 65.6 Å². The number of nitrogens with zero attached hydrogens (tertiary/aromatic N) is 2. The molecule has 34 heavy (non-hydrogen) atoms. The van der Waals surface area contributed by atoms with E-state index in [1.54, 1.807) is 18.9 Å². The maximum absolute atomic E-state index is 13.9. The molecule has 3 heterocycles. The number of aromatic nitrogens is 1. The summed E-state index contributed by atoms with van der Waals surface area (Å²) in [6, 6.07) is 20.7. The second-order valence-electron chi connectivity index (χ2n) is 8.84. The van der Waals surface area contributed by atoms with Crippen molar-refractivity contribution in [3.8, 4) is 5.75 Å². The van der Waals surface area contributed by atoms with Gasteiger partial charge in [0.2, 0.25) is 0 Å². The van der Waals surface area contributed by atoms with E-state index in [-0.39, 0.29) is 11.8 Å². The van der Waals surface area contributed by atoms with E-state index < -0.39 is 17.4 Å². The summed E-state index contributed by atoms with van der Waals surface area (Å²) in [5.41, 5.74) is 2.64. The molecule has 4 aromatic rings. The molecule has 1 aromatic heterocycles. The monoisotopic (exact) mass is 455 g/mol. The highest BCUT2D eigenvalue weighted by molar-refractivity contribution is 6.23. The summed E-state index contributed by atoms with van der Waals surface area (Å²) < 4.78 is 19.2. The molecular formula is C27H22FN3O3. The minimum absolute atomic E-state index is 0.208. The number of urea groups is 1. The first-order valence-corrected chi connectivity index (χ1v) is 11.1. The highest BCUT2D eigenvalue weighted by Crippen LogP contribution is 2.51. The highest BCUT2D eigenvalue weighted by Gasteiger charge is 2.60. The molecule has 6 nitrogen and oxygen atoms in total. The van der Waals surface area contributed by atoms with Crippen LogP contribution in [0.1, 0.15) is 29.7 Å². The molecule has 1 fully saturated rings. The molecule has 2 aliphatic rings. The average molecular weight is 455 g/mol. The summed E-state index contributed by atoms with van der Waals surface area (Å²) in [6.45, 7) is 2.08. The van der Waals surface area contributed by atoms with E-state index in [9.17, 15) is 14.0 Å². The number of fused-ring (bicyclic) bond motifs is 5. The number of benzene rings is 3. The highest BCUT2D eigenvalue weighted by atomic mass is 19.1. The normalized spacial score (nSPS) is 21.7. The molecule has 2 unspecified atom stereocenters. The van der Waals surface area contributed by atoms with Crippen LogP contribution in [-0.4, -0.2) is 35.5 Å². The number of nitrogens with one attached hydrogen (secondary N) is 1. The molecule has 0 aliphatic carbocycles. The lowest BCUT2D eigenvalue weighted by Crippen LogP contribution is -2.50. The minimum Gasteiger partial charge on any atom is -0.496 e. The number of carbonyl (C=O) groups is 2. The Labute approximate surface area is 195 Å². The zero-order valence-corrected chi connectivity index (χ0v) is 18.7. The zero-order valence-electron chi connectivity index (χ0n) is 18.7. The molecule has 3 aromatic carbocycles. The molecule has 2 atom stereocenters. The molecular weight excluding hydrogens is 433 g/mol. The van der Waals surface area contributed by atoms with Gasteiger partial charge in [0.15, 0.2) is 5.54 Å². The van der Waals surface area contributed by atoms with Crippen LogP contribution in [0.3, 0.4) is 0 Å². The fourth-order valence-electron chi connectivity index (χ4n) is 5.44. The van der Waals surface area contributed by atoms with E-state index in [0.717, 1.165) is 32.7 Å². The third-order valence-corrected chi connectivity index (χ3v) is 7.13. The number of carbonyl (C=O) groups excluding carboxylic acids is 2. The Bertz CT molecular complexity index is 1460. The lowest BCUT2D eigenvalue weighted by molar-refractivity contribution is -0.125. The quantitative estimate of drug-likeness (QED) is 0.435. The number of amides is 3. The first kappa shape index (κ1) is 20.5. The number of halogens is 1. The van der Waals surface area contributed by atoms with Crippen molar-refractivity contribution in [3.05, 3.63) is 95.4 Å². The van der Waals surface area contributed by atoms with Crippen molar-refractivity contribution in [1.82, 2.24) is 9.88 Å². The van der Waals surface area contributed by atoms with E-state index >= 15 is 0 Å². The summed E-state index contributed by atoms with van der Waals surface area (Å²) in [5.74, 6) is -0.280. The smallest absolute Gasteiger partial charge is 0.332 e. The summed E-state index contributed by atoms with van der Waals surface area (Å²) in [7, 11) is 1.63. The van der Waals surface area contributed by atoms with Crippen LogP contribution >= 0.6 is 0 Å². The van der Waals surface area contributed by atoms with E-state index in [0.29, 0.717) is 17.9 Å². The third kappa shape index (κ3) is 2.61. The van der Waals surface area contributed by atoms with E-state index in [1.807, 2.05) is 48.5 Å². The van der Waals surface area contributed by atoms with Crippen LogP contribution < -0.4 is 9.64 Å². The fraction of sp³-hybridized carbons (Fsp3) is 0.185. The van der Waals surface area contributed by atoms with Gasteiger partial charge in [-0.2, -0.15) is 0 Å². The SMILES string of the molecule is COc1ccccc1C1CN2C(=O)N(c3ccc(F)cc3)C(=O)C2(C)c2[nH]c3ccccc3c21. The van der Waals surface area contributed by atoms with Gasteiger partial charge in [-0.15, -0.1) is 0 Å². The average Bonchev–Trinajstić information content (AvgIpc) is 3.34. The molecule has 1 saturated heterocycles. The molecule has 7 heteroatoms. The van der Waals surface area contributed by atoms with Gasteiger partial charge in [0.1, 0.15) is 11.6 Å². The summed E-state index contributed by atoms with van der Waals surface area (Å²) >= 11 is 0. The molecule has 6 rings (SSSR count). The second-order valence-corrected chi connectivity index (χ2v) is 8.84. The molecule has 2 aliphatic heterocycles. The van der Waals surface area contributed by atoms with Crippen molar-refractivity contribution in [1.29, 1.82) is 0 Å². The molecule has 0 saturated carbocycles. The number of rotatable bonds is 3. The maximum atomic E-state index is 13.9. The van der Waals surface area contributed by atoms with Gasteiger partial charge in [-0.25, -0.2) is 14.1 Å². The molecule has 3 amide bonds. The molecule has 1 N–H and O–H groups in total. The number of H-pyrrole nitrogens is 1. The van der Waals surface area contributed by atoms with Gasteiger partial charge in [0.25, 0.3) is 5.91 Å². The fourth-order valence-corrected chi connectivity index (χ4v) is 5.44. The Morgan fingerprint density at radius 2 is 1.71 bits per heavy atom. The van der Waals surface area contributed by atoms with Crippen LogP contribution in [0.5, 0.6) is 5.75 Å². The first-order valence-electron chi connectivity index (χ1n) is 11.1. The van der Waals surface area contributed by atoms with E-state index in [2.05, 4.69) is 4.98 Å². The number of ether oxygens (including phenoxy) is 1. The van der Waals surface area contributed by atoms with Crippen LogP contribution in [0.15, 0.2) is 72.8 Å². The first-order chi connectivity index (χ1) is 16.4. The van der Waals surface area contributed by atoms with E-state index in [1.165, 1.54) is 24.3 Å². The lowest BCUT2D eigenvalue weighted by atomic mass is 9.78. The number of methoxy groups -OCH3 is 1. The number of aromatic amines is 1. The van der Waals surface area contributed by atoms with Gasteiger partial charge in [-0.1, -0.05) is 36.4 Å². The van der Waals surface area contributed by atoms with Crippen molar-refractivity contribution in [3.63, 3.8) is 0 Å². The summed E-state index contributed by atoms with van der Waals surface area (Å²) in [6.07, 6.45) is 0. The predicted octanol–water partition coefficient (Wildman–Crippen LogP) is 5.15. The van der Waals surface area contributed by atoms with Gasteiger partial charge in [0, 0.05) is 28.9 Å². The van der Waals surface area contributed by atoms with Crippen LogP contribution in [-0.2, 0) is 10.3 Å². The number of anilines is 1. The van der Waals surface area contributed by atoms with Crippen molar-refractivity contribution in [2.75, 3.05) is 18.6 Å². The number of para-hydroxylation sites is 2. The number of imide groups is 1. The van der Waals surface area contributed by atoms with Crippen molar-refractivity contribution >= 4 is 28.5 Å². The van der Waals surface area contributed by atoms with E-state index in [4.69, 9.17) is 4.74 Å². The lowest BCUT2D eigenvalue weighted by Gasteiger charge is -2.40. The largest absolute Gasteiger partial charge is 0.496 e. The maximum Gasteiger partial charge on any atom is 0.332 e. The Kier molecular flexibility index (Phi) is 4.33. The minimum atomic E-state index is -1.22. The number of hydrogen-bond acceptors (Lipinski definition) is 3. The van der Waals surface area contributed by atoms with Gasteiger partial charge < -0.3 is 14.6 Å². The Morgan fingerprint density at radius 3 is 2.47 bits per heavy atom. The van der Waals surface area contributed by atoms with Crippen molar-refractivity contribution < 1.29 is 18.7 Å². The second kappa shape index (κ2) is 7.18. The van der Waals surface area contributed by atoms with Gasteiger partial charge in [-0.3, -0.25) is 4.79 Å². The molecule has 0 radical (unpaired) electrons. The van der Waals surface area contributed by atoms with Crippen LogP contribution in [0.4, 0.5) is 14.9 Å². The zero-order chi connectivity index (χ0) is 23.6. The van der Waals surface area contributed by atoms with Crippen molar-refractivity contribution in [2.45, 2.75) is 18.4 Å². The molecule has 0 spiro atoms.